The molecule has 18 rings (SSSR count). The summed E-state index contributed by atoms with van der Waals surface area (Å²) in [6, 6.07) is 100. The smallest absolute Gasteiger partial charge is 0.228 e. The highest BCUT2D eigenvalue weighted by Gasteiger charge is 2.33. The van der Waals surface area contributed by atoms with Crippen LogP contribution in [0.2, 0.25) is 0 Å². The van der Waals surface area contributed by atoms with Gasteiger partial charge < -0.3 is 18.1 Å². The van der Waals surface area contributed by atoms with Gasteiger partial charge in [-0.2, -0.15) is 5.26 Å². The first-order valence-electron chi connectivity index (χ1n) is 34.3. The molecule has 0 amide bonds. The third kappa shape index (κ3) is 9.52. The second kappa shape index (κ2) is 22.2. The molecule has 0 atom stereocenters. The van der Waals surface area contributed by atoms with Gasteiger partial charge >= 0.3 is 0 Å². The molecule has 0 N–H and O–H groups in total. The van der Waals surface area contributed by atoms with Gasteiger partial charge in [-0.1, -0.05) is 214 Å². The molecular formula is C92H71N5OS. The van der Waals surface area contributed by atoms with Crippen LogP contribution < -0.4 is 0 Å². The van der Waals surface area contributed by atoms with Gasteiger partial charge in [0, 0.05) is 86.2 Å². The van der Waals surface area contributed by atoms with Crippen LogP contribution in [0.1, 0.15) is 84.6 Å². The Hall–Kier alpha value is -11.6. The number of hydrogen-bond acceptors (Lipinski definition) is 4. The molecule has 5 heterocycles. The molecular weight excluding hydrogens is 1220 g/mol. The van der Waals surface area contributed by atoms with Gasteiger partial charge in [0.2, 0.25) is 5.89 Å². The van der Waals surface area contributed by atoms with Crippen LogP contribution in [0.15, 0.2) is 271 Å². The fourth-order valence-electron chi connectivity index (χ4n) is 15.7. The van der Waals surface area contributed by atoms with Gasteiger partial charge in [-0.3, -0.25) is 0 Å². The van der Waals surface area contributed by atoms with Crippen molar-refractivity contribution in [3.05, 3.63) is 289 Å². The quantitative estimate of drug-likeness (QED) is 0.152. The highest BCUT2D eigenvalue weighted by Crippen LogP contribution is 2.56. The van der Waals surface area contributed by atoms with Crippen molar-refractivity contribution in [2.45, 2.75) is 78.6 Å². The first kappa shape index (κ1) is 59.9. The van der Waals surface area contributed by atoms with Gasteiger partial charge in [-0.25, -0.2) is 4.98 Å². The molecule has 0 saturated carbocycles. The third-order valence-corrected chi connectivity index (χ3v) is 21.8. The van der Waals surface area contributed by atoms with Crippen molar-refractivity contribution >= 4 is 108 Å². The van der Waals surface area contributed by atoms with E-state index in [-0.39, 0.29) is 16.2 Å². The van der Waals surface area contributed by atoms with Crippen molar-refractivity contribution in [1.29, 1.82) is 5.26 Å². The van der Waals surface area contributed by atoms with Crippen LogP contribution in [0.4, 0.5) is 0 Å². The Morgan fingerprint density at radius 3 is 1.17 bits per heavy atom. The lowest BCUT2D eigenvalue weighted by Gasteiger charge is -2.25. The lowest BCUT2D eigenvalue weighted by Crippen LogP contribution is -2.10. The molecule has 0 aliphatic carbocycles. The third-order valence-electron chi connectivity index (χ3n) is 20.6. The van der Waals surface area contributed by atoms with Crippen molar-refractivity contribution in [3.63, 3.8) is 0 Å². The van der Waals surface area contributed by atoms with Crippen LogP contribution in [0.25, 0.3) is 170 Å². The summed E-state index contributed by atoms with van der Waals surface area (Å²) in [5.74, 6) is 0.427. The second-order valence-electron chi connectivity index (χ2n) is 29.8. The lowest BCUT2D eigenvalue weighted by atomic mass is 9.77. The molecule has 0 aliphatic heterocycles. The van der Waals surface area contributed by atoms with E-state index in [2.05, 4.69) is 325 Å². The summed E-state index contributed by atoms with van der Waals surface area (Å²) in [5, 5.41) is 22.3. The Kier molecular flexibility index (Phi) is 13.5. The van der Waals surface area contributed by atoms with Crippen LogP contribution in [0.3, 0.4) is 0 Å². The largest absolute Gasteiger partial charge is 0.436 e. The number of fused-ring (bicyclic) bond motifs is 13. The SMILES string of the molecule is CC(C)(C)c1ccc2c(c1)c1ccccc1n2-c1ccc(-c2c(C#N)c(-c3ccc(-n4c5ccccc5c5cc(C(C)(C)C)ccc54)cc3)c(-c3nc4ccccc4o3)c(-c3cccc4sc5ccccc5c34)c2-c2ccc(-n3c4ccccc4c4cc(C(C)(C)C)ccc43)cc2)cc1. The van der Waals surface area contributed by atoms with Gasteiger partial charge in [-0.15, -0.1) is 11.3 Å². The highest BCUT2D eigenvalue weighted by atomic mass is 32.1. The average Bonchev–Trinajstić information content (AvgIpc) is 1.37. The second-order valence-corrected chi connectivity index (χ2v) is 30.9. The van der Waals surface area contributed by atoms with Gasteiger partial charge in [0.1, 0.15) is 11.6 Å². The van der Waals surface area contributed by atoms with Gasteiger partial charge in [0.05, 0.1) is 44.2 Å². The summed E-state index contributed by atoms with van der Waals surface area (Å²) in [5.41, 5.74) is 23.3. The Morgan fingerprint density at radius 1 is 0.343 bits per heavy atom. The van der Waals surface area contributed by atoms with Crippen LogP contribution in [0.5, 0.6) is 0 Å². The minimum Gasteiger partial charge on any atom is -0.436 e. The number of nitriles is 1. The summed E-state index contributed by atoms with van der Waals surface area (Å²) >= 11 is 1.80. The van der Waals surface area contributed by atoms with Crippen molar-refractivity contribution in [3.8, 4) is 79.1 Å². The van der Waals surface area contributed by atoms with E-state index < -0.39 is 0 Å². The molecule has 5 aromatic heterocycles. The molecule has 7 heteroatoms. The zero-order valence-electron chi connectivity index (χ0n) is 57.0. The Bertz CT molecular complexity index is 6360. The van der Waals surface area contributed by atoms with Crippen molar-refractivity contribution < 1.29 is 4.42 Å². The molecule has 0 aliphatic rings. The van der Waals surface area contributed by atoms with E-state index in [0.29, 0.717) is 17.0 Å². The zero-order valence-corrected chi connectivity index (χ0v) is 57.8. The number of benzene rings is 13. The van der Waals surface area contributed by atoms with Crippen molar-refractivity contribution in [2.24, 2.45) is 0 Å². The maximum atomic E-state index is 12.7. The minimum absolute atomic E-state index is 0.0293. The van der Waals surface area contributed by atoms with Crippen LogP contribution in [0, 0.1) is 11.3 Å². The summed E-state index contributed by atoms with van der Waals surface area (Å²) in [4.78, 5) is 5.50. The van der Waals surface area contributed by atoms with Crippen LogP contribution >= 0.6 is 11.3 Å². The minimum atomic E-state index is -0.0298. The maximum absolute atomic E-state index is 12.7. The Labute approximate surface area is 579 Å². The predicted octanol–water partition coefficient (Wildman–Crippen LogP) is 25.6. The molecule has 6 nitrogen and oxygen atoms in total. The Morgan fingerprint density at radius 2 is 0.727 bits per heavy atom. The first-order chi connectivity index (χ1) is 48.0. The monoisotopic (exact) mass is 1290 g/mol. The zero-order chi connectivity index (χ0) is 67.4. The number of oxazole rings is 1. The van der Waals surface area contributed by atoms with E-state index in [1.807, 2.05) is 24.3 Å². The number of para-hydroxylation sites is 5. The molecule has 0 radical (unpaired) electrons. The standard InChI is InChI=1S/C92H71N5OS/c1-90(2,3)58-39-48-77-69(51-58)64-21-10-15-27-74(64)95(77)61-42-33-55(34-43-61)83-72(54-93)84(56-35-44-62(45-36-56)96-75-28-16-11-22-65(75)70-52-59(91(4,5)6)40-49-78(70)96)88(89-94-73-26-14-18-30-80(73)98-89)87(68-25-20-32-82-86(68)67-24-13-19-31-81(67)99-82)85(83)57-37-46-63(47-38-57)97-76-29-17-12-23-66(76)71-53-60(92(7,8)9)41-50-79(71)97/h10-53H,1-9H3. The number of aromatic nitrogens is 4. The molecule has 13 aromatic carbocycles. The molecule has 0 spiro atoms. The van der Waals surface area contributed by atoms with Gasteiger partial charge in [0.15, 0.2) is 5.58 Å². The van der Waals surface area contributed by atoms with E-state index >= 15 is 0 Å². The molecule has 99 heavy (non-hydrogen) atoms. The van der Waals surface area contributed by atoms with E-state index in [9.17, 15) is 5.26 Å². The topological polar surface area (TPSA) is 64.6 Å². The summed E-state index contributed by atoms with van der Waals surface area (Å²) < 4.78 is 16.7. The summed E-state index contributed by atoms with van der Waals surface area (Å²) in [6.45, 7) is 20.5. The normalized spacial score (nSPS) is 12.5. The van der Waals surface area contributed by atoms with E-state index in [4.69, 9.17) is 9.40 Å². The molecule has 0 unspecified atom stereocenters. The number of nitrogens with zero attached hydrogens (tertiary/aromatic N) is 5. The number of rotatable bonds is 8. The number of thiophene rings is 1. The molecule has 0 saturated heterocycles. The molecule has 0 fully saturated rings. The number of hydrogen-bond donors (Lipinski definition) is 0. The predicted molar refractivity (Wildman–Crippen MR) is 418 cm³/mol. The fraction of sp³-hybridized carbons (Fsp3) is 0.130. The maximum Gasteiger partial charge on any atom is 0.228 e. The molecule has 476 valence electrons. The lowest BCUT2D eigenvalue weighted by molar-refractivity contribution is 0.591. The van der Waals surface area contributed by atoms with Crippen molar-refractivity contribution in [2.75, 3.05) is 0 Å². The Balaban J connectivity index is 0.953. The average molecular weight is 1290 g/mol. The van der Waals surface area contributed by atoms with Crippen LogP contribution in [-0.4, -0.2) is 18.7 Å². The highest BCUT2D eigenvalue weighted by molar-refractivity contribution is 7.26. The first-order valence-corrected chi connectivity index (χ1v) is 35.1. The van der Waals surface area contributed by atoms with E-state index in [1.54, 1.807) is 11.3 Å². The van der Waals surface area contributed by atoms with Crippen molar-refractivity contribution in [1.82, 2.24) is 18.7 Å². The molecule has 18 aromatic rings. The van der Waals surface area contributed by atoms with Crippen LogP contribution in [-0.2, 0) is 16.2 Å². The van der Waals surface area contributed by atoms with E-state index in [0.717, 1.165) is 121 Å². The van der Waals surface area contributed by atoms with Gasteiger partial charge in [-0.05, 0) is 176 Å². The van der Waals surface area contributed by atoms with E-state index in [1.165, 1.54) is 53.7 Å². The van der Waals surface area contributed by atoms with Gasteiger partial charge in [0.25, 0.3) is 0 Å². The fourth-order valence-corrected chi connectivity index (χ4v) is 16.8. The summed E-state index contributed by atoms with van der Waals surface area (Å²) in [6.07, 6.45) is 0. The summed E-state index contributed by atoms with van der Waals surface area (Å²) in [7, 11) is 0. The molecule has 0 bridgehead atoms.